The largest absolute Gasteiger partial charge is 0.491 e. The predicted octanol–water partition coefficient (Wildman–Crippen LogP) is -1.41. The van der Waals surface area contributed by atoms with Gasteiger partial charge in [-0.1, -0.05) is 11.5 Å². The molecule has 3 aliphatic rings. The summed E-state index contributed by atoms with van der Waals surface area (Å²) in [5.74, 6) is -0.708. The highest BCUT2D eigenvalue weighted by atomic mass is 32.2. The van der Waals surface area contributed by atoms with Crippen molar-refractivity contribution in [3.8, 4) is 5.88 Å². The van der Waals surface area contributed by atoms with Gasteiger partial charge in [0, 0.05) is 17.9 Å². The Labute approximate surface area is 202 Å². The highest BCUT2D eigenvalue weighted by Crippen LogP contribution is 2.45. The fraction of sp³-hybridized carbons (Fsp3) is 0.500. The quantitative estimate of drug-likeness (QED) is 0.248. The molecule has 12 nitrogen and oxygen atoms in total. The number of rotatable bonds is 2. The monoisotopic (exact) mass is 502 g/mol. The number of hydrogen-bond donors (Lipinski definition) is 5. The van der Waals surface area contributed by atoms with Crippen molar-refractivity contribution in [3.05, 3.63) is 33.9 Å². The van der Waals surface area contributed by atoms with Crippen molar-refractivity contribution in [2.24, 2.45) is 5.11 Å². The predicted molar refractivity (Wildman–Crippen MR) is 125 cm³/mol. The molecule has 4 amide bonds. The van der Waals surface area contributed by atoms with E-state index in [0.29, 0.717) is 34.9 Å². The van der Waals surface area contributed by atoms with Crippen LogP contribution in [0.1, 0.15) is 32.6 Å². The molecule has 2 aromatic rings. The summed E-state index contributed by atoms with van der Waals surface area (Å²) >= 11 is 1.36. The van der Waals surface area contributed by atoms with Crippen LogP contribution >= 0.6 is 11.8 Å². The van der Waals surface area contributed by atoms with Crippen LogP contribution in [-0.2, 0) is 9.59 Å². The number of aromatic nitrogens is 2. The van der Waals surface area contributed by atoms with E-state index in [9.17, 15) is 29.4 Å². The third-order valence-electron chi connectivity index (χ3n) is 6.72. The van der Waals surface area contributed by atoms with Gasteiger partial charge >= 0.3 is 23.4 Å². The minimum absolute atomic E-state index is 0.0353. The van der Waals surface area contributed by atoms with E-state index in [-0.39, 0.29) is 47.6 Å². The summed E-state index contributed by atoms with van der Waals surface area (Å²) in [6.07, 6.45) is 0.701. The van der Waals surface area contributed by atoms with E-state index < -0.39 is 28.4 Å². The van der Waals surface area contributed by atoms with Crippen LogP contribution in [0.15, 0.2) is 28.1 Å². The first-order chi connectivity index (χ1) is 16.7. The van der Waals surface area contributed by atoms with Gasteiger partial charge in [0.05, 0.1) is 33.5 Å². The first kappa shape index (κ1) is 23.4. The summed E-state index contributed by atoms with van der Waals surface area (Å²) in [5.41, 5.74) is -0.683. The molecule has 5 rings (SSSR count). The van der Waals surface area contributed by atoms with Crippen LogP contribution in [-0.4, -0.2) is 68.4 Å². The number of amides is 4. The Hall–Kier alpha value is -3.32. The normalized spacial score (nSPS) is 27.6. The first-order valence-corrected chi connectivity index (χ1v) is 12.4. The lowest BCUT2D eigenvalue weighted by Crippen LogP contribution is -2.53. The average molecular weight is 503 g/mol. The van der Waals surface area contributed by atoms with Gasteiger partial charge in [-0.15, -0.1) is 11.8 Å². The van der Waals surface area contributed by atoms with Gasteiger partial charge in [-0.25, -0.2) is 14.4 Å². The summed E-state index contributed by atoms with van der Waals surface area (Å²) in [6, 6.07) is 3.39. The molecule has 35 heavy (non-hydrogen) atoms. The molecule has 13 heteroatoms. The number of hydrogen-bond acceptors (Lipinski definition) is 7. The van der Waals surface area contributed by atoms with Crippen molar-refractivity contribution in [1.29, 1.82) is 0 Å². The Morgan fingerprint density at radius 2 is 2.00 bits per heavy atom. The van der Waals surface area contributed by atoms with E-state index in [1.54, 1.807) is 13.0 Å². The molecule has 1 aromatic carbocycles. The number of carbonyl (C=O) groups excluding carboxylic acids is 3. The fourth-order valence-electron chi connectivity index (χ4n) is 5.04. The number of carbonyl (C=O) groups is 3. The number of H-pyrrole nitrogens is 1. The van der Waals surface area contributed by atoms with Gasteiger partial charge in [0.1, 0.15) is 16.2 Å². The molecule has 5 N–H and O–H groups in total. The molecule has 184 valence electrons. The van der Waals surface area contributed by atoms with E-state index in [4.69, 9.17) is 0 Å². The molecule has 0 saturated carbocycles. The number of aromatic hydroxyl groups is 1. The maximum atomic E-state index is 13.6. The van der Waals surface area contributed by atoms with Crippen LogP contribution in [0.5, 0.6) is 5.88 Å². The molecule has 2 fully saturated rings. The van der Waals surface area contributed by atoms with Crippen molar-refractivity contribution >= 4 is 40.4 Å². The standard InChI is InChI=1S/C22H24N6O6S/c1-11(29)9-27-12-5-6-13-14(8-12)19(32)28(25-18(13)31)26-20(33)22(7-3-2-4-16(27)30)17-15(10-35-22)23-21(34)24-17/h5-6,8,11,15,17,29H,2-4,7,9-10H2,1H3,(H2-,23,24,25,26,31,33,34)/p+2/t11?,15-,17-,22-/m0/s1. The summed E-state index contributed by atoms with van der Waals surface area (Å²) in [5, 5.41) is 33.3. The van der Waals surface area contributed by atoms with E-state index in [1.165, 1.54) is 28.5 Å². The van der Waals surface area contributed by atoms with Gasteiger partial charge in [0.2, 0.25) is 5.36 Å². The van der Waals surface area contributed by atoms with Crippen molar-refractivity contribution < 1.29 is 29.1 Å². The Morgan fingerprint density at radius 3 is 2.77 bits per heavy atom. The Balaban J connectivity index is 1.74. The fourth-order valence-corrected chi connectivity index (χ4v) is 6.65. The van der Waals surface area contributed by atoms with Crippen molar-refractivity contribution in [3.63, 3.8) is 0 Å². The molecule has 0 radical (unpaired) electrons. The number of fused-ring (bicyclic) bond motifs is 4. The van der Waals surface area contributed by atoms with Crippen molar-refractivity contribution in [1.82, 2.24) is 20.3 Å². The molecular formula is C22H26N6O6S+2. The summed E-state index contributed by atoms with van der Waals surface area (Å²) in [7, 11) is 0. The molecule has 0 aliphatic carbocycles. The molecular weight excluding hydrogens is 476 g/mol. The maximum absolute atomic E-state index is 13.6. The highest BCUT2D eigenvalue weighted by Gasteiger charge is 2.59. The number of aliphatic hydroxyl groups is 1. The highest BCUT2D eigenvalue weighted by molar-refractivity contribution is 8.01. The minimum atomic E-state index is -1.13. The maximum Gasteiger partial charge on any atom is 0.474 e. The van der Waals surface area contributed by atoms with E-state index in [2.05, 4.69) is 20.8 Å². The molecule has 1 unspecified atom stereocenters. The Bertz CT molecular complexity index is 1440. The van der Waals surface area contributed by atoms with Crippen LogP contribution in [0.25, 0.3) is 10.8 Å². The van der Waals surface area contributed by atoms with Gasteiger partial charge < -0.3 is 20.8 Å². The van der Waals surface area contributed by atoms with Gasteiger partial charge in [-0.05, 0) is 25.8 Å². The van der Waals surface area contributed by atoms with Crippen LogP contribution in [0.2, 0.25) is 0 Å². The number of thioether (sulfide) groups is 1. The Morgan fingerprint density at radius 1 is 1.20 bits per heavy atom. The number of benzene rings is 1. The number of urea groups is 1. The minimum Gasteiger partial charge on any atom is -0.491 e. The lowest BCUT2D eigenvalue weighted by atomic mass is 9.88. The molecule has 4 heterocycles. The van der Waals surface area contributed by atoms with Crippen LogP contribution in [0.4, 0.5) is 4.79 Å². The molecule has 4 atom stereocenters. The number of aromatic amines is 1. The van der Waals surface area contributed by atoms with Gasteiger partial charge in [-0.3, -0.25) is 4.79 Å². The third-order valence-corrected chi connectivity index (χ3v) is 8.40. The van der Waals surface area contributed by atoms with Gasteiger partial charge in [-0.2, -0.15) is 4.58 Å². The zero-order valence-corrected chi connectivity index (χ0v) is 19.8. The second-order valence-electron chi connectivity index (χ2n) is 9.18. The smallest absolute Gasteiger partial charge is 0.474 e. The van der Waals surface area contributed by atoms with Gasteiger partial charge in [0.25, 0.3) is 5.88 Å². The van der Waals surface area contributed by atoms with Gasteiger partial charge in [0.15, 0.2) is 6.54 Å². The molecule has 3 bridgehead atoms. The zero-order valence-electron chi connectivity index (χ0n) is 19.0. The van der Waals surface area contributed by atoms with Crippen LogP contribution in [0, 0.1) is 0 Å². The summed E-state index contributed by atoms with van der Waals surface area (Å²) in [6.45, 7) is 1.60. The summed E-state index contributed by atoms with van der Waals surface area (Å²) in [4.78, 5) is 52.0. The molecule has 3 aliphatic heterocycles. The van der Waals surface area contributed by atoms with E-state index in [1.807, 2.05) is 0 Å². The average Bonchev–Trinajstić information content (AvgIpc) is 3.35. The van der Waals surface area contributed by atoms with Crippen LogP contribution in [0.3, 0.4) is 0 Å². The topological polar surface area (TPSA) is 170 Å². The second kappa shape index (κ2) is 8.72. The zero-order chi connectivity index (χ0) is 24.9. The second-order valence-corrected chi connectivity index (χ2v) is 10.5. The number of β-amino-alcohol motifs (C(OH)–C–C–N with tert-alkyl or cyclic N) is 1. The number of nitrogens with zero attached hydrogens (tertiary/aromatic N) is 3. The van der Waals surface area contributed by atoms with Crippen LogP contribution < -0.4 is 30.6 Å². The van der Waals surface area contributed by atoms with Crippen molar-refractivity contribution in [2.75, 3.05) is 12.3 Å². The lowest BCUT2D eigenvalue weighted by Gasteiger charge is -2.28. The number of nitrogens with one attached hydrogen (secondary N) is 3. The summed E-state index contributed by atoms with van der Waals surface area (Å²) < 4.78 is 0.999. The van der Waals surface area contributed by atoms with Crippen molar-refractivity contribution in [2.45, 2.75) is 55.5 Å². The SMILES string of the molecule is CC(O)C[N+]1=c2ccc3c(O)[nH][n+](c(=O)c3c2)=NC(=O)[C@@]2(CCCCC1=O)SC[C@@H]1NC(=O)N[C@@H]12. The third kappa shape index (κ3) is 3.97. The van der Waals surface area contributed by atoms with E-state index >= 15 is 0 Å². The lowest BCUT2D eigenvalue weighted by molar-refractivity contribution is -0.621. The number of aliphatic hydroxyl groups excluding tert-OH is 1. The molecule has 2 saturated heterocycles. The Kier molecular flexibility index (Phi) is 5.83. The molecule has 1 spiro atoms. The first-order valence-electron chi connectivity index (χ1n) is 11.5. The molecule has 1 aromatic heterocycles. The van der Waals surface area contributed by atoms with E-state index in [0.717, 1.165) is 0 Å².